The molecule has 0 bridgehead atoms. The van der Waals surface area contributed by atoms with Crippen LogP contribution in [0.25, 0.3) is 0 Å². The molecule has 0 atom stereocenters. The fraction of sp³-hybridized carbons (Fsp3) is 0.455. The van der Waals surface area contributed by atoms with Gasteiger partial charge in [0.1, 0.15) is 5.75 Å². The molecule has 0 amide bonds. The Morgan fingerprint density at radius 2 is 2.14 bits per heavy atom. The Hall–Kier alpha value is -0.730. The second-order valence-corrected chi connectivity index (χ2v) is 3.03. The van der Waals surface area contributed by atoms with E-state index in [0.29, 0.717) is 0 Å². The molecular formula is C11H18ClNO. The van der Waals surface area contributed by atoms with Crippen molar-refractivity contribution in [2.75, 3.05) is 13.7 Å². The van der Waals surface area contributed by atoms with Crippen molar-refractivity contribution in [1.29, 1.82) is 0 Å². The van der Waals surface area contributed by atoms with Crippen molar-refractivity contribution in [3.8, 4) is 5.75 Å². The van der Waals surface area contributed by atoms with Gasteiger partial charge in [-0.3, -0.25) is 0 Å². The fourth-order valence-electron chi connectivity index (χ4n) is 1.17. The van der Waals surface area contributed by atoms with Crippen molar-refractivity contribution >= 4 is 12.4 Å². The van der Waals surface area contributed by atoms with Crippen LogP contribution >= 0.6 is 12.4 Å². The first kappa shape index (κ1) is 13.3. The molecule has 0 aliphatic heterocycles. The zero-order valence-corrected chi connectivity index (χ0v) is 9.56. The Morgan fingerprint density at radius 1 is 1.36 bits per heavy atom. The molecule has 0 saturated carbocycles. The molecule has 0 saturated heterocycles. The zero-order chi connectivity index (χ0) is 9.52. The van der Waals surface area contributed by atoms with E-state index in [4.69, 9.17) is 4.74 Å². The Labute approximate surface area is 92.1 Å². The monoisotopic (exact) mass is 215 g/mol. The van der Waals surface area contributed by atoms with Crippen LogP contribution in [0.1, 0.15) is 18.9 Å². The van der Waals surface area contributed by atoms with Crippen LogP contribution in [0.2, 0.25) is 0 Å². The lowest BCUT2D eigenvalue weighted by atomic mass is 10.2. The van der Waals surface area contributed by atoms with Crippen LogP contribution < -0.4 is 10.1 Å². The second-order valence-electron chi connectivity index (χ2n) is 3.03. The van der Waals surface area contributed by atoms with Gasteiger partial charge in [0, 0.05) is 6.54 Å². The molecule has 0 heterocycles. The van der Waals surface area contributed by atoms with Gasteiger partial charge in [0.2, 0.25) is 0 Å². The van der Waals surface area contributed by atoms with Crippen molar-refractivity contribution in [2.45, 2.75) is 19.9 Å². The maximum Gasteiger partial charge on any atom is 0.119 e. The molecule has 0 aromatic heterocycles. The molecule has 0 spiro atoms. The van der Waals surface area contributed by atoms with Crippen LogP contribution in [0.4, 0.5) is 0 Å². The molecule has 14 heavy (non-hydrogen) atoms. The predicted octanol–water partition coefficient (Wildman–Crippen LogP) is 2.62. The average molecular weight is 216 g/mol. The summed E-state index contributed by atoms with van der Waals surface area (Å²) in [5.74, 6) is 0.967. The van der Waals surface area contributed by atoms with Crippen LogP contribution in [0.15, 0.2) is 24.3 Å². The Kier molecular flexibility index (Phi) is 7.25. The summed E-state index contributed by atoms with van der Waals surface area (Å²) in [6.07, 6.45) is 1.05. The third-order valence-corrected chi connectivity index (χ3v) is 1.75. The van der Waals surface area contributed by atoms with Gasteiger partial charge in [0.25, 0.3) is 0 Å². The number of ether oxygens (including phenoxy) is 1. The highest BCUT2D eigenvalue weighted by Gasteiger charge is 1.94. The second kappa shape index (κ2) is 7.65. The van der Waals surface area contributed by atoms with Crippen LogP contribution in [0, 0.1) is 0 Å². The van der Waals surface area contributed by atoms with E-state index in [1.54, 1.807) is 0 Å². The highest BCUT2D eigenvalue weighted by molar-refractivity contribution is 5.85. The zero-order valence-electron chi connectivity index (χ0n) is 8.75. The smallest absolute Gasteiger partial charge is 0.119 e. The normalized spacial score (nSPS) is 9.29. The van der Waals surface area contributed by atoms with E-state index in [1.165, 1.54) is 5.56 Å². The van der Waals surface area contributed by atoms with E-state index in [2.05, 4.69) is 24.4 Å². The molecule has 2 nitrogen and oxygen atoms in total. The lowest BCUT2D eigenvalue weighted by Crippen LogP contribution is -2.05. The van der Waals surface area contributed by atoms with Crippen molar-refractivity contribution in [3.63, 3.8) is 0 Å². The first-order chi connectivity index (χ1) is 6.36. The average Bonchev–Trinajstić information content (AvgIpc) is 2.16. The maximum absolute atomic E-state index is 5.51. The summed E-state index contributed by atoms with van der Waals surface area (Å²) < 4.78 is 5.51. The van der Waals surface area contributed by atoms with Gasteiger partial charge < -0.3 is 10.1 Å². The first-order valence-electron chi connectivity index (χ1n) is 4.73. The number of hydrogen-bond acceptors (Lipinski definition) is 2. The molecular weight excluding hydrogens is 198 g/mol. The van der Waals surface area contributed by atoms with Crippen LogP contribution in [0.5, 0.6) is 5.75 Å². The minimum atomic E-state index is 0. The van der Waals surface area contributed by atoms with Gasteiger partial charge in [-0.15, -0.1) is 12.4 Å². The first-order valence-corrected chi connectivity index (χ1v) is 4.73. The summed E-state index contributed by atoms with van der Waals surface area (Å²) in [6, 6.07) is 8.19. The summed E-state index contributed by atoms with van der Waals surface area (Å²) in [6.45, 7) is 3.80. The third-order valence-electron chi connectivity index (χ3n) is 1.75. The van der Waals surface area contributed by atoms with Crippen LogP contribution in [0.3, 0.4) is 0 Å². The van der Waals surface area contributed by atoms with Gasteiger partial charge in [-0.05, 0) is 31.2 Å². The van der Waals surface area contributed by atoms with E-state index >= 15 is 0 Å². The maximum atomic E-state index is 5.51. The Morgan fingerprint density at radius 3 is 2.79 bits per heavy atom. The molecule has 1 aromatic rings. The molecule has 1 rings (SSSR count). The van der Waals surface area contributed by atoms with Gasteiger partial charge in [0.05, 0.1) is 6.61 Å². The van der Waals surface area contributed by atoms with E-state index < -0.39 is 0 Å². The molecule has 80 valence electrons. The van der Waals surface area contributed by atoms with Crippen molar-refractivity contribution in [2.24, 2.45) is 0 Å². The number of benzene rings is 1. The number of nitrogens with one attached hydrogen (secondary N) is 1. The van der Waals surface area contributed by atoms with E-state index in [-0.39, 0.29) is 12.4 Å². The molecule has 3 heteroatoms. The minimum Gasteiger partial charge on any atom is -0.494 e. The molecule has 1 aromatic carbocycles. The number of hydrogen-bond donors (Lipinski definition) is 1. The molecule has 0 aliphatic rings. The summed E-state index contributed by atoms with van der Waals surface area (Å²) >= 11 is 0. The van der Waals surface area contributed by atoms with Gasteiger partial charge in [-0.1, -0.05) is 19.1 Å². The predicted molar refractivity (Wildman–Crippen MR) is 62.2 cm³/mol. The fourth-order valence-corrected chi connectivity index (χ4v) is 1.17. The molecule has 1 N–H and O–H groups in total. The summed E-state index contributed by atoms with van der Waals surface area (Å²) in [5.41, 5.74) is 1.26. The third kappa shape index (κ3) is 4.49. The quantitative estimate of drug-likeness (QED) is 0.816. The molecule has 0 aliphatic carbocycles. The lowest BCUT2D eigenvalue weighted by Gasteiger charge is -2.06. The van der Waals surface area contributed by atoms with Crippen molar-refractivity contribution < 1.29 is 4.74 Å². The SMILES string of the molecule is CCCOc1cccc(CNC)c1.Cl. The van der Waals surface area contributed by atoms with E-state index in [0.717, 1.165) is 25.3 Å². The molecule has 0 radical (unpaired) electrons. The van der Waals surface area contributed by atoms with Crippen LogP contribution in [-0.2, 0) is 6.54 Å². The lowest BCUT2D eigenvalue weighted by molar-refractivity contribution is 0.317. The molecule has 0 unspecified atom stereocenters. The van der Waals surface area contributed by atoms with E-state index in [1.807, 2.05) is 19.2 Å². The van der Waals surface area contributed by atoms with Gasteiger partial charge in [0.15, 0.2) is 0 Å². The summed E-state index contributed by atoms with van der Waals surface area (Å²) in [4.78, 5) is 0. The number of halogens is 1. The summed E-state index contributed by atoms with van der Waals surface area (Å²) in [7, 11) is 1.94. The topological polar surface area (TPSA) is 21.3 Å². The highest BCUT2D eigenvalue weighted by Crippen LogP contribution is 2.13. The van der Waals surface area contributed by atoms with Crippen molar-refractivity contribution in [1.82, 2.24) is 5.32 Å². The largest absolute Gasteiger partial charge is 0.494 e. The highest BCUT2D eigenvalue weighted by atomic mass is 35.5. The van der Waals surface area contributed by atoms with Crippen LogP contribution in [-0.4, -0.2) is 13.7 Å². The standard InChI is InChI=1S/C11H17NO.ClH/c1-3-7-13-11-6-4-5-10(8-11)9-12-2;/h4-6,8,12H,3,7,9H2,1-2H3;1H. The van der Waals surface area contributed by atoms with Gasteiger partial charge in [-0.2, -0.15) is 0 Å². The minimum absolute atomic E-state index is 0. The number of rotatable bonds is 5. The molecule has 0 fully saturated rings. The van der Waals surface area contributed by atoms with Crippen molar-refractivity contribution in [3.05, 3.63) is 29.8 Å². The van der Waals surface area contributed by atoms with E-state index in [9.17, 15) is 0 Å². The summed E-state index contributed by atoms with van der Waals surface area (Å²) in [5, 5.41) is 3.11. The Bertz CT molecular complexity index is 253. The van der Waals surface area contributed by atoms with Gasteiger partial charge >= 0.3 is 0 Å². The Balaban J connectivity index is 0.00000169. The van der Waals surface area contributed by atoms with Gasteiger partial charge in [-0.25, -0.2) is 0 Å².